The van der Waals surface area contributed by atoms with Crippen molar-refractivity contribution in [3.8, 4) is 5.88 Å². The number of benzene rings is 1. The minimum Gasteiger partial charge on any atom is -0.474 e. The van der Waals surface area contributed by atoms with Gasteiger partial charge >= 0.3 is 0 Å². The van der Waals surface area contributed by atoms with Gasteiger partial charge in [0.15, 0.2) is 0 Å². The average molecular weight is 464 g/mol. The molecule has 5 rings (SSSR count). The van der Waals surface area contributed by atoms with Crippen molar-refractivity contribution >= 4 is 16.8 Å². The highest BCUT2D eigenvalue weighted by Crippen LogP contribution is 2.23. The lowest BCUT2D eigenvalue weighted by Crippen LogP contribution is -2.48. The maximum Gasteiger partial charge on any atom is 0.270 e. The number of carbonyl (C=O) groups excluding carboxylic acids is 1. The summed E-state index contributed by atoms with van der Waals surface area (Å²) < 4.78 is 16.6. The summed E-state index contributed by atoms with van der Waals surface area (Å²) in [5.74, 6) is 0.321. The molecular formula is C26H29N3O5. The zero-order chi connectivity index (χ0) is 23.3. The van der Waals surface area contributed by atoms with Crippen LogP contribution in [0.2, 0.25) is 0 Å². The highest BCUT2D eigenvalue weighted by atomic mass is 16.5. The van der Waals surface area contributed by atoms with Crippen molar-refractivity contribution < 1.29 is 24.1 Å². The van der Waals surface area contributed by atoms with Gasteiger partial charge in [0.25, 0.3) is 5.91 Å². The SMILES string of the molecule is O=C(N[C@H]1CCOC[C@@H]1O)c1cc(Cc2ccc(OC3CCOCC3)nc2)c2ccccc2n1. The molecule has 178 valence electrons. The molecule has 0 bridgehead atoms. The van der Waals surface area contributed by atoms with Crippen molar-refractivity contribution in [1.29, 1.82) is 0 Å². The zero-order valence-corrected chi connectivity index (χ0v) is 19.0. The number of fused-ring (bicyclic) bond motifs is 1. The van der Waals surface area contributed by atoms with Crippen LogP contribution in [0.1, 0.15) is 40.9 Å². The van der Waals surface area contributed by atoms with Gasteiger partial charge in [-0.25, -0.2) is 9.97 Å². The summed E-state index contributed by atoms with van der Waals surface area (Å²) >= 11 is 0. The lowest BCUT2D eigenvalue weighted by atomic mass is 10.0. The lowest BCUT2D eigenvalue weighted by molar-refractivity contribution is -0.0261. The van der Waals surface area contributed by atoms with Crippen molar-refractivity contribution in [3.63, 3.8) is 0 Å². The second kappa shape index (κ2) is 10.5. The highest BCUT2D eigenvalue weighted by molar-refractivity contribution is 5.96. The van der Waals surface area contributed by atoms with E-state index in [4.69, 9.17) is 14.2 Å². The Morgan fingerprint density at radius 3 is 2.71 bits per heavy atom. The number of nitrogens with zero attached hydrogens (tertiary/aromatic N) is 2. The van der Waals surface area contributed by atoms with E-state index in [0.29, 0.717) is 31.0 Å². The Labute approximate surface area is 198 Å². The predicted octanol–water partition coefficient (Wildman–Crippen LogP) is 2.66. The van der Waals surface area contributed by atoms with Crippen molar-refractivity contribution in [2.24, 2.45) is 0 Å². The van der Waals surface area contributed by atoms with Crippen LogP contribution in [-0.2, 0) is 15.9 Å². The number of pyridine rings is 2. The molecular weight excluding hydrogens is 434 g/mol. The summed E-state index contributed by atoms with van der Waals surface area (Å²) in [5, 5.41) is 14.0. The monoisotopic (exact) mass is 463 g/mol. The molecule has 8 heteroatoms. The molecule has 4 heterocycles. The van der Waals surface area contributed by atoms with Gasteiger partial charge in [0.05, 0.1) is 37.5 Å². The molecule has 0 saturated carbocycles. The Morgan fingerprint density at radius 2 is 1.91 bits per heavy atom. The van der Waals surface area contributed by atoms with Crippen molar-refractivity contribution in [1.82, 2.24) is 15.3 Å². The summed E-state index contributed by atoms with van der Waals surface area (Å²) in [4.78, 5) is 22.0. The van der Waals surface area contributed by atoms with E-state index in [-0.39, 0.29) is 24.7 Å². The number of para-hydroxylation sites is 1. The first-order chi connectivity index (χ1) is 16.7. The van der Waals surface area contributed by atoms with E-state index in [9.17, 15) is 9.90 Å². The minimum atomic E-state index is -0.717. The summed E-state index contributed by atoms with van der Waals surface area (Å²) in [5.41, 5.74) is 3.09. The van der Waals surface area contributed by atoms with Crippen LogP contribution < -0.4 is 10.1 Å². The standard InChI is InChI=1S/C26H29N3O5/c30-24-16-33-12-9-22(24)29-26(31)23-14-18(20-3-1-2-4-21(20)28-23)13-17-5-6-25(27-15-17)34-19-7-10-32-11-8-19/h1-6,14-15,19,22,24,30H,7-13,16H2,(H,29,31)/t22-,24-/m0/s1. The van der Waals surface area contributed by atoms with Gasteiger partial charge in [-0.15, -0.1) is 0 Å². The van der Waals surface area contributed by atoms with Crippen molar-refractivity contribution in [2.45, 2.75) is 43.9 Å². The average Bonchev–Trinajstić information content (AvgIpc) is 2.87. The smallest absolute Gasteiger partial charge is 0.270 e. The fraction of sp³-hybridized carbons (Fsp3) is 0.423. The van der Waals surface area contributed by atoms with Gasteiger partial charge in [-0.2, -0.15) is 0 Å². The van der Waals surface area contributed by atoms with Gasteiger partial charge in [0, 0.05) is 37.1 Å². The predicted molar refractivity (Wildman–Crippen MR) is 126 cm³/mol. The molecule has 34 heavy (non-hydrogen) atoms. The molecule has 2 aromatic heterocycles. The molecule has 2 aliphatic rings. The van der Waals surface area contributed by atoms with E-state index < -0.39 is 6.10 Å². The number of aliphatic hydroxyl groups is 1. The number of rotatable bonds is 6. The van der Waals surface area contributed by atoms with Crippen LogP contribution in [0.15, 0.2) is 48.7 Å². The van der Waals surface area contributed by atoms with Gasteiger partial charge in [0.2, 0.25) is 5.88 Å². The minimum absolute atomic E-state index is 0.145. The van der Waals surface area contributed by atoms with Crippen LogP contribution in [-0.4, -0.2) is 65.7 Å². The zero-order valence-electron chi connectivity index (χ0n) is 19.0. The van der Waals surface area contributed by atoms with Crippen LogP contribution in [0.4, 0.5) is 0 Å². The molecule has 2 saturated heterocycles. The van der Waals surface area contributed by atoms with E-state index in [1.807, 2.05) is 48.7 Å². The molecule has 1 amide bonds. The maximum absolute atomic E-state index is 13.0. The number of aliphatic hydroxyl groups excluding tert-OH is 1. The Bertz CT molecular complexity index is 1130. The molecule has 2 atom stereocenters. The topological polar surface area (TPSA) is 103 Å². The summed E-state index contributed by atoms with van der Waals surface area (Å²) in [6.07, 6.45) is 4.18. The Morgan fingerprint density at radius 1 is 1.09 bits per heavy atom. The number of aromatic nitrogens is 2. The third-order valence-corrected chi connectivity index (χ3v) is 6.33. The second-order valence-electron chi connectivity index (χ2n) is 8.81. The normalized spacial score (nSPS) is 21.3. The van der Waals surface area contributed by atoms with Crippen molar-refractivity contribution in [3.05, 3.63) is 65.5 Å². The van der Waals surface area contributed by atoms with Gasteiger partial charge in [0.1, 0.15) is 11.8 Å². The fourth-order valence-electron chi connectivity index (χ4n) is 4.41. The first-order valence-corrected chi connectivity index (χ1v) is 11.8. The van der Waals surface area contributed by atoms with Gasteiger partial charge in [-0.05, 0) is 36.1 Å². The van der Waals surface area contributed by atoms with E-state index in [0.717, 1.165) is 48.1 Å². The Hall–Kier alpha value is -3.07. The number of ether oxygens (including phenoxy) is 3. The summed E-state index contributed by atoms with van der Waals surface area (Å²) in [6, 6.07) is 13.2. The Balaban J connectivity index is 1.34. The third kappa shape index (κ3) is 5.35. The van der Waals surface area contributed by atoms with Crippen LogP contribution >= 0.6 is 0 Å². The maximum atomic E-state index is 13.0. The first kappa shape index (κ1) is 22.7. The van der Waals surface area contributed by atoms with E-state index in [1.54, 1.807) is 0 Å². The van der Waals surface area contributed by atoms with Gasteiger partial charge in [-0.3, -0.25) is 4.79 Å². The van der Waals surface area contributed by atoms with Gasteiger partial charge in [-0.1, -0.05) is 24.3 Å². The highest BCUT2D eigenvalue weighted by Gasteiger charge is 2.26. The second-order valence-corrected chi connectivity index (χ2v) is 8.81. The van der Waals surface area contributed by atoms with Crippen LogP contribution in [0.5, 0.6) is 5.88 Å². The molecule has 2 fully saturated rings. The number of hydrogen-bond donors (Lipinski definition) is 2. The molecule has 2 aliphatic heterocycles. The number of hydrogen-bond acceptors (Lipinski definition) is 7. The molecule has 3 aromatic rings. The van der Waals surface area contributed by atoms with E-state index in [1.165, 1.54) is 0 Å². The lowest BCUT2D eigenvalue weighted by Gasteiger charge is -2.28. The summed E-state index contributed by atoms with van der Waals surface area (Å²) in [6.45, 7) is 2.19. The quantitative estimate of drug-likeness (QED) is 0.579. The molecule has 2 N–H and O–H groups in total. The molecule has 8 nitrogen and oxygen atoms in total. The molecule has 1 aromatic carbocycles. The van der Waals surface area contributed by atoms with Crippen LogP contribution in [0.3, 0.4) is 0 Å². The fourth-order valence-corrected chi connectivity index (χ4v) is 4.41. The van der Waals surface area contributed by atoms with E-state index in [2.05, 4.69) is 15.3 Å². The van der Waals surface area contributed by atoms with Crippen molar-refractivity contribution in [2.75, 3.05) is 26.4 Å². The first-order valence-electron chi connectivity index (χ1n) is 11.8. The number of carbonyl (C=O) groups is 1. The number of amides is 1. The number of nitrogens with one attached hydrogen (secondary N) is 1. The molecule has 0 radical (unpaired) electrons. The Kier molecular flexibility index (Phi) is 6.99. The summed E-state index contributed by atoms with van der Waals surface area (Å²) in [7, 11) is 0. The van der Waals surface area contributed by atoms with Crippen LogP contribution in [0.25, 0.3) is 10.9 Å². The van der Waals surface area contributed by atoms with Crippen LogP contribution in [0, 0.1) is 0 Å². The molecule has 0 unspecified atom stereocenters. The third-order valence-electron chi connectivity index (χ3n) is 6.33. The van der Waals surface area contributed by atoms with E-state index >= 15 is 0 Å². The van der Waals surface area contributed by atoms with Gasteiger partial charge < -0.3 is 24.6 Å². The molecule has 0 aliphatic carbocycles. The molecule has 0 spiro atoms. The largest absolute Gasteiger partial charge is 0.474 e.